The van der Waals surface area contributed by atoms with E-state index in [-0.39, 0.29) is 5.91 Å². The smallest absolute Gasteiger partial charge is 0.229 e. The zero-order chi connectivity index (χ0) is 22.3. The van der Waals surface area contributed by atoms with E-state index >= 15 is 0 Å². The zero-order valence-corrected chi connectivity index (χ0v) is 19.9. The molecule has 1 aliphatic rings. The van der Waals surface area contributed by atoms with E-state index in [9.17, 15) is 4.79 Å². The van der Waals surface area contributed by atoms with Crippen LogP contribution in [0, 0.1) is 5.92 Å². The second kappa shape index (κ2) is 10.7. The Hall–Kier alpha value is -2.73. The highest BCUT2D eigenvalue weighted by atomic mass is 79.9. The SMILES string of the molecule is COc1ccc(-c2cnc(NC(=O)Cc3ccc(Br)cc3)c(CC3CCCCC3)n2)cc1. The van der Waals surface area contributed by atoms with Gasteiger partial charge in [-0.15, -0.1) is 0 Å². The monoisotopic (exact) mass is 493 g/mol. The average molecular weight is 494 g/mol. The third kappa shape index (κ3) is 5.94. The topological polar surface area (TPSA) is 64.1 Å². The Morgan fingerprint density at radius 1 is 1.06 bits per heavy atom. The van der Waals surface area contributed by atoms with E-state index in [1.165, 1.54) is 32.1 Å². The van der Waals surface area contributed by atoms with Crippen molar-refractivity contribution in [2.45, 2.75) is 44.9 Å². The standard InChI is InChI=1S/C26H28BrN3O2/c1-32-22-13-9-20(10-14-22)24-17-28-26(23(29-24)15-18-5-3-2-4-6-18)30-25(31)16-19-7-11-21(27)12-8-19/h7-14,17-18H,2-6,15-16H2,1H3,(H,28,30,31). The van der Waals surface area contributed by atoms with Gasteiger partial charge < -0.3 is 10.1 Å². The van der Waals surface area contributed by atoms with E-state index in [0.717, 1.165) is 39.2 Å². The van der Waals surface area contributed by atoms with Crippen molar-refractivity contribution in [2.24, 2.45) is 5.92 Å². The molecule has 6 heteroatoms. The second-order valence-corrected chi connectivity index (χ2v) is 9.25. The van der Waals surface area contributed by atoms with Gasteiger partial charge in [0.1, 0.15) is 5.75 Å². The molecule has 0 radical (unpaired) electrons. The number of aromatic nitrogens is 2. The molecule has 1 saturated carbocycles. The molecule has 1 aromatic heterocycles. The van der Waals surface area contributed by atoms with Gasteiger partial charge in [-0.3, -0.25) is 4.79 Å². The highest BCUT2D eigenvalue weighted by Gasteiger charge is 2.19. The van der Waals surface area contributed by atoms with Crippen LogP contribution >= 0.6 is 15.9 Å². The number of methoxy groups -OCH3 is 1. The maximum absolute atomic E-state index is 12.7. The number of anilines is 1. The first-order chi connectivity index (χ1) is 15.6. The molecule has 0 aliphatic heterocycles. The van der Waals surface area contributed by atoms with Crippen LogP contribution in [0.1, 0.15) is 43.4 Å². The Kier molecular flexibility index (Phi) is 7.53. The molecule has 1 heterocycles. The lowest BCUT2D eigenvalue weighted by molar-refractivity contribution is -0.115. The molecule has 1 N–H and O–H groups in total. The highest BCUT2D eigenvalue weighted by Crippen LogP contribution is 2.29. The summed E-state index contributed by atoms with van der Waals surface area (Å²) in [6.45, 7) is 0. The summed E-state index contributed by atoms with van der Waals surface area (Å²) in [4.78, 5) is 22.3. The molecule has 0 unspecified atom stereocenters. The van der Waals surface area contributed by atoms with Crippen LogP contribution in [0.5, 0.6) is 5.75 Å². The normalized spacial score (nSPS) is 14.2. The largest absolute Gasteiger partial charge is 0.497 e. The summed E-state index contributed by atoms with van der Waals surface area (Å²) in [6, 6.07) is 15.6. The third-order valence-electron chi connectivity index (χ3n) is 5.97. The van der Waals surface area contributed by atoms with Crippen LogP contribution in [0.3, 0.4) is 0 Å². The summed E-state index contributed by atoms with van der Waals surface area (Å²) in [5.74, 6) is 1.89. The number of ether oxygens (including phenoxy) is 1. The predicted octanol–water partition coefficient (Wildman–Crippen LogP) is 6.22. The number of benzene rings is 2. The van der Waals surface area contributed by atoms with Gasteiger partial charge in [0, 0.05) is 10.0 Å². The van der Waals surface area contributed by atoms with Gasteiger partial charge in [-0.2, -0.15) is 0 Å². The first kappa shape index (κ1) is 22.5. The van der Waals surface area contributed by atoms with Gasteiger partial charge in [-0.1, -0.05) is 60.2 Å². The molecule has 1 fully saturated rings. The number of carbonyl (C=O) groups is 1. The summed E-state index contributed by atoms with van der Waals surface area (Å²) in [5, 5.41) is 3.02. The lowest BCUT2D eigenvalue weighted by atomic mass is 9.86. The summed E-state index contributed by atoms with van der Waals surface area (Å²) in [6.07, 6.45) is 9.14. The number of carbonyl (C=O) groups excluding carboxylic acids is 1. The van der Waals surface area contributed by atoms with Gasteiger partial charge in [0.25, 0.3) is 0 Å². The molecule has 0 bridgehead atoms. The maximum Gasteiger partial charge on any atom is 0.229 e. The number of nitrogens with one attached hydrogen (secondary N) is 1. The molecule has 0 spiro atoms. The summed E-state index contributed by atoms with van der Waals surface area (Å²) in [5.41, 5.74) is 3.62. The van der Waals surface area contributed by atoms with Crippen molar-refractivity contribution in [3.05, 3.63) is 70.5 Å². The van der Waals surface area contributed by atoms with Gasteiger partial charge in [0.2, 0.25) is 5.91 Å². The lowest BCUT2D eigenvalue weighted by Crippen LogP contribution is -2.19. The Bertz CT molecular complexity index is 1050. The van der Waals surface area contributed by atoms with E-state index in [1.807, 2.05) is 48.5 Å². The minimum absolute atomic E-state index is 0.0799. The molecule has 32 heavy (non-hydrogen) atoms. The van der Waals surface area contributed by atoms with Crippen molar-refractivity contribution < 1.29 is 9.53 Å². The lowest BCUT2D eigenvalue weighted by Gasteiger charge is -2.22. The van der Waals surface area contributed by atoms with E-state index in [4.69, 9.17) is 9.72 Å². The van der Waals surface area contributed by atoms with Gasteiger partial charge in [-0.25, -0.2) is 9.97 Å². The molecular formula is C26H28BrN3O2. The minimum atomic E-state index is -0.0799. The molecule has 166 valence electrons. The van der Waals surface area contributed by atoms with E-state index < -0.39 is 0 Å². The second-order valence-electron chi connectivity index (χ2n) is 8.34. The van der Waals surface area contributed by atoms with Crippen molar-refractivity contribution in [2.75, 3.05) is 12.4 Å². The van der Waals surface area contributed by atoms with Gasteiger partial charge >= 0.3 is 0 Å². The summed E-state index contributed by atoms with van der Waals surface area (Å²) >= 11 is 3.43. The molecular weight excluding hydrogens is 466 g/mol. The molecule has 0 saturated heterocycles. The average Bonchev–Trinajstić information content (AvgIpc) is 2.82. The third-order valence-corrected chi connectivity index (χ3v) is 6.50. The number of nitrogens with zero attached hydrogens (tertiary/aromatic N) is 2. The van der Waals surface area contributed by atoms with E-state index in [1.54, 1.807) is 13.3 Å². The fraction of sp³-hybridized carbons (Fsp3) is 0.346. The van der Waals surface area contributed by atoms with Crippen LogP contribution in [-0.2, 0) is 17.6 Å². The summed E-state index contributed by atoms with van der Waals surface area (Å²) < 4.78 is 6.26. The van der Waals surface area contributed by atoms with Crippen LogP contribution in [0.25, 0.3) is 11.3 Å². The van der Waals surface area contributed by atoms with Crippen LogP contribution in [0.15, 0.2) is 59.2 Å². The Balaban J connectivity index is 1.56. The zero-order valence-electron chi connectivity index (χ0n) is 18.3. The van der Waals surface area contributed by atoms with Crippen molar-refractivity contribution in [1.29, 1.82) is 0 Å². The molecule has 2 aromatic carbocycles. The van der Waals surface area contributed by atoms with E-state index in [0.29, 0.717) is 18.2 Å². The Morgan fingerprint density at radius 2 is 1.78 bits per heavy atom. The number of hydrogen-bond donors (Lipinski definition) is 1. The molecule has 5 nitrogen and oxygen atoms in total. The molecule has 4 rings (SSSR count). The highest BCUT2D eigenvalue weighted by molar-refractivity contribution is 9.10. The number of rotatable bonds is 7. The van der Waals surface area contributed by atoms with Crippen molar-refractivity contribution >= 4 is 27.7 Å². The van der Waals surface area contributed by atoms with Crippen LogP contribution < -0.4 is 10.1 Å². The van der Waals surface area contributed by atoms with Crippen LogP contribution in [-0.4, -0.2) is 23.0 Å². The molecule has 1 amide bonds. The molecule has 0 atom stereocenters. The number of amides is 1. The van der Waals surface area contributed by atoms with Crippen molar-refractivity contribution in [3.8, 4) is 17.0 Å². The number of hydrogen-bond acceptors (Lipinski definition) is 4. The molecule has 1 aliphatic carbocycles. The number of halogens is 1. The van der Waals surface area contributed by atoms with Gasteiger partial charge in [0.05, 0.1) is 31.1 Å². The quantitative estimate of drug-likeness (QED) is 0.424. The van der Waals surface area contributed by atoms with Crippen LogP contribution in [0.2, 0.25) is 0 Å². The maximum atomic E-state index is 12.7. The van der Waals surface area contributed by atoms with Crippen LogP contribution in [0.4, 0.5) is 5.82 Å². The predicted molar refractivity (Wildman–Crippen MR) is 131 cm³/mol. The Labute approximate surface area is 197 Å². The molecule has 3 aromatic rings. The fourth-order valence-corrected chi connectivity index (χ4v) is 4.47. The van der Waals surface area contributed by atoms with Gasteiger partial charge in [-0.05, 0) is 54.3 Å². The minimum Gasteiger partial charge on any atom is -0.497 e. The van der Waals surface area contributed by atoms with Crippen molar-refractivity contribution in [1.82, 2.24) is 9.97 Å². The van der Waals surface area contributed by atoms with Crippen molar-refractivity contribution in [3.63, 3.8) is 0 Å². The first-order valence-electron chi connectivity index (χ1n) is 11.2. The summed E-state index contributed by atoms with van der Waals surface area (Å²) in [7, 11) is 1.66. The first-order valence-corrected chi connectivity index (χ1v) is 11.9. The van der Waals surface area contributed by atoms with E-state index in [2.05, 4.69) is 26.2 Å². The fourth-order valence-electron chi connectivity index (χ4n) is 4.20. The Morgan fingerprint density at radius 3 is 2.47 bits per heavy atom. The van der Waals surface area contributed by atoms with Gasteiger partial charge in [0.15, 0.2) is 5.82 Å².